The Morgan fingerprint density at radius 2 is 1.88 bits per heavy atom. The summed E-state index contributed by atoms with van der Waals surface area (Å²) >= 11 is 1.42. The van der Waals surface area contributed by atoms with Gasteiger partial charge in [0.2, 0.25) is 0 Å². The summed E-state index contributed by atoms with van der Waals surface area (Å²) in [6.07, 6.45) is 3.66. The molecule has 34 heavy (non-hydrogen) atoms. The molecule has 2 aromatic carbocycles. The van der Waals surface area contributed by atoms with E-state index in [-0.39, 0.29) is 5.91 Å². The largest absolute Gasteiger partial charge is 0.333 e. The van der Waals surface area contributed by atoms with E-state index in [2.05, 4.69) is 15.4 Å². The second-order valence-electron chi connectivity index (χ2n) is 8.16. The molecule has 0 saturated heterocycles. The maximum atomic E-state index is 13.1. The smallest absolute Gasteiger partial charge is 0.257 e. The normalized spacial score (nSPS) is 11.0. The Morgan fingerprint density at radius 1 is 1.06 bits per heavy atom. The molecule has 170 valence electrons. The van der Waals surface area contributed by atoms with E-state index < -0.39 is 0 Å². The van der Waals surface area contributed by atoms with Crippen molar-refractivity contribution in [3.8, 4) is 22.0 Å². The number of rotatable bonds is 6. The van der Waals surface area contributed by atoms with E-state index >= 15 is 0 Å². The van der Waals surface area contributed by atoms with Gasteiger partial charge in [0.25, 0.3) is 5.91 Å². The quantitative estimate of drug-likeness (QED) is 0.366. The van der Waals surface area contributed by atoms with E-state index in [0.29, 0.717) is 17.2 Å². The van der Waals surface area contributed by atoms with Crippen LogP contribution in [0.25, 0.3) is 22.0 Å². The Kier molecular flexibility index (Phi) is 5.81. The minimum Gasteiger partial charge on any atom is -0.333 e. The van der Waals surface area contributed by atoms with Crippen LogP contribution in [0, 0.1) is 13.8 Å². The molecule has 5 rings (SSSR count). The first-order valence-corrected chi connectivity index (χ1v) is 11.7. The second-order valence-corrected chi connectivity index (χ2v) is 9.16. The van der Waals surface area contributed by atoms with Crippen LogP contribution >= 0.6 is 11.3 Å². The number of hydrogen-bond acceptors (Lipinski definition) is 5. The lowest BCUT2D eigenvalue weighted by Crippen LogP contribution is -2.12. The number of nitrogens with zero attached hydrogens (tertiary/aromatic N) is 5. The van der Waals surface area contributed by atoms with Crippen molar-refractivity contribution in [2.75, 3.05) is 5.32 Å². The Balaban J connectivity index is 1.42. The molecule has 0 atom stereocenters. The SMILES string of the molecule is Cc1cc(C)n(Cc2cccc(C(=O)Nc3nc(-c4ccccc4)c(-c4nccn4C)s3)c2)n1. The fourth-order valence-corrected chi connectivity index (χ4v) is 4.91. The van der Waals surface area contributed by atoms with Gasteiger partial charge in [0.05, 0.1) is 22.8 Å². The highest BCUT2D eigenvalue weighted by molar-refractivity contribution is 7.19. The van der Waals surface area contributed by atoms with Crippen molar-refractivity contribution in [3.05, 3.63) is 95.6 Å². The minimum atomic E-state index is -0.199. The standard InChI is InChI=1S/C26H24N6OS/c1-17-14-18(2)32(30-17)16-19-8-7-11-21(15-19)25(33)29-26-28-22(20-9-5-4-6-10-20)23(34-26)24-27-12-13-31(24)3/h4-15H,16H2,1-3H3,(H,28,29,33). The lowest BCUT2D eigenvalue weighted by atomic mass is 10.1. The molecule has 5 aromatic rings. The van der Waals surface area contributed by atoms with Gasteiger partial charge in [-0.1, -0.05) is 53.8 Å². The number of imidazole rings is 1. The summed E-state index contributed by atoms with van der Waals surface area (Å²) in [5.74, 6) is 0.610. The molecule has 8 heteroatoms. The molecular formula is C26H24N6OS. The third-order valence-corrected chi connectivity index (χ3v) is 6.51. The number of thiazole rings is 1. The van der Waals surface area contributed by atoms with E-state index in [1.165, 1.54) is 11.3 Å². The van der Waals surface area contributed by atoms with Crippen molar-refractivity contribution in [3.63, 3.8) is 0 Å². The van der Waals surface area contributed by atoms with Crippen LogP contribution in [0.2, 0.25) is 0 Å². The molecule has 0 fully saturated rings. The molecule has 0 radical (unpaired) electrons. The van der Waals surface area contributed by atoms with Crippen molar-refractivity contribution in [2.45, 2.75) is 20.4 Å². The fourth-order valence-electron chi connectivity index (χ4n) is 3.89. The minimum absolute atomic E-state index is 0.199. The van der Waals surface area contributed by atoms with E-state index in [9.17, 15) is 4.79 Å². The van der Waals surface area contributed by atoms with E-state index in [1.54, 1.807) is 6.20 Å². The van der Waals surface area contributed by atoms with Gasteiger partial charge in [0.15, 0.2) is 11.0 Å². The lowest BCUT2D eigenvalue weighted by molar-refractivity contribution is 0.102. The predicted molar refractivity (Wildman–Crippen MR) is 135 cm³/mol. The van der Waals surface area contributed by atoms with Gasteiger partial charge >= 0.3 is 0 Å². The third kappa shape index (κ3) is 4.40. The highest BCUT2D eigenvalue weighted by Gasteiger charge is 2.19. The molecule has 0 saturated carbocycles. The topological polar surface area (TPSA) is 77.6 Å². The second kappa shape index (κ2) is 9.07. The Labute approximate surface area is 201 Å². The maximum absolute atomic E-state index is 13.1. The number of nitrogens with one attached hydrogen (secondary N) is 1. The molecule has 0 spiro atoms. The predicted octanol–water partition coefficient (Wildman–Crippen LogP) is 5.32. The van der Waals surface area contributed by atoms with Gasteiger partial charge in [0, 0.05) is 36.3 Å². The molecule has 1 amide bonds. The van der Waals surface area contributed by atoms with Gasteiger partial charge in [0.1, 0.15) is 0 Å². The monoisotopic (exact) mass is 468 g/mol. The molecule has 7 nitrogen and oxygen atoms in total. The number of aromatic nitrogens is 5. The number of anilines is 1. The summed E-state index contributed by atoms with van der Waals surface area (Å²) in [5.41, 5.74) is 5.43. The zero-order valence-corrected chi connectivity index (χ0v) is 20.0. The average Bonchev–Trinajstić information content (AvgIpc) is 3.53. The first kappa shape index (κ1) is 21.8. The zero-order chi connectivity index (χ0) is 23.7. The van der Waals surface area contributed by atoms with Crippen molar-refractivity contribution >= 4 is 22.4 Å². The van der Waals surface area contributed by atoms with Crippen molar-refractivity contribution < 1.29 is 4.79 Å². The third-order valence-electron chi connectivity index (χ3n) is 5.54. The van der Waals surface area contributed by atoms with Crippen LogP contribution in [0.5, 0.6) is 0 Å². The van der Waals surface area contributed by atoms with Gasteiger partial charge in [-0.3, -0.25) is 14.8 Å². The highest BCUT2D eigenvalue weighted by Crippen LogP contribution is 2.38. The maximum Gasteiger partial charge on any atom is 0.257 e. The van der Waals surface area contributed by atoms with Crippen LogP contribution in [0.4, 0.5) is 5.13 Å². The Hall–Kier alpha value is -4.04. The highest BCUT2D eigenvalue weighted by atomic mass is 32.1. The Bertz CT molecular complexity index is 1460. The van der Waals surface area contributed by atoms with Gasteiger partial charge in [-0.2, -0.15) is 5.10 Å². The molecule has 0 aliphatic heterocycles. The first-order valence-electron chi connectivity index (χ1n) is 10.9. The molecule has 0 bridgehead atoms. The van der Waals surface area contributed by atoms with Crippen LogP contribution in [-0.2, 0) is 13.6 Å². The van der Waals surface area contributed by atoms with Crippen LogP contribution in [-0.4, -0.2) is 30.2 Å². The van der Waals surface area contributed by atoms with Gasteiger partial charge in [-0.15, -0.1) is 0 Å². The summed E-state index contributed by atoms with van der Waals surface area (Å²) in [6.45, 7) is 4.62. The number of carbonyl (C=O) groups excluding carboxylic acids is 1. The number of hydrogen-bond donors (Lipinski definition) is 1. The summed E-state index contributed by atoms with van der Waals surface area (Å²) in [7, 11) is 1.95. The van der Waals surface area contributed by atoms with Gasteiger partial charge < -0.3 is 4.57 Å². The molecular weight excluding hydrogens is 444 g/mol. The number of amides is 1. The van der Waals surface area contributed by atoms with Crippen molar-refractivity contribution in [1.29, 1.82) is 0 Å². The number of carbonyl (C=O) groups is 1. The molecule has 0 unspecified atom stereocenters. The molecule has 1 N–H and O–H groups in total. The first-order chi connectivity index (χ1) is 16.5. The van der Waals surface area contributed by atoms with E-state index in [4.69, 9.17) is 4.98 Å². The van der Waals surface area contributed by atoms with Gasteiger partial charge in [-0.25, -0.2) is 9.97 Å². The molecule has 0 aliphatic carbocycles. The number of aryl methyl sites for hydroxylation is 3. The van der Waals surface area contributed by atoms with Crippen LogP contribution < -0.4 is 5.32 Å². The van der Waals surface area contributed by atoms with E-state index in [1.807, 2.05) is 97.0 Å². The molecule has 0 aliphatic rings. The van der Waals surface area contributed by atoms with Crippen molar-refractivity contribution in [1.82, 2.24) is 24.3 Å². The summed E-state index contributed by atoms with van der Waals surface area (Å²) in [5, 5.41) is 8.04. The van der Waals surface area contributed by atoms with Crippen LogP contribution in [0.15, 0.2) is 73.1 Å². The molecule has 3 heterocycles. The van der Waals surface area contributed by atoms with E-state index in [0.717, 1.165) is 38.9 Å². The van der Waals surface area contributed by atoms with Crippen molar-refractivity contribution in [2.24, 2.45) is 7.05 Å². The summed E-state index contributed by atoms with van der Waals surface area (Å²) in [6, 6.07) is 19.6. The summed E-state index contributed by atoms with van der Waals surface area (Å²) in [4.78, 5) is 23.3. The lowest BCUT2D eigenvalue weighted by Gasteiger charge is -2.07. The molecule has 3 aromatic heterocycles. The average molecular weight is 469 g/mol. The van der Waals surface area contributed by atoms with Crippen LogP contribution in [0.1, 0.15) is 27.3 Å². The zero-order valence-electron chi connectivity index (χ0n) is 19.2. The Morgan fingerprint density at radius 3 is 2.59 bits per heavy atom. The summed E-state index contributed by atoms with van der Waals surface area (Å²) < 4.78 is 3.90. The number of benzene rings is 2. The fraction of sp³-hybridized carbons (Fsp3) is 0.154. The van der Waals surface area contributed by atoms with Gasteiger partial charge in [-0.05, 0) is 37.6 Å². The van der Waals surface area contributed by atoms with Crippen LogP contribution in [0.3, 0.4) is 0 Å².